The lowest BCUT2D eigenvalue weighted by atomic mass is 10.3. The molecule has 0 spiro atoms. The van der Waals surface area contributed by atoms with E-state index in [1.807, 2.05) is 49.5 Å². The normalized spacial score (nSPS) is 11.3. The molecule has 0 aliphatic heterocycles. The molecule has 0 saturated heterocycles. The minimum atomic E-state index is -0.0886. The third-order valence-corrected chi connectivity index (χ3v) is 3.63. The summed E-state index contributed by atoms with van der Waals surface area (Å²) in [5.74, 6) is -0.0886. The molecule has 2 aromatic rings. The van der Waals surface area contributed by atoms with Gasteiger partial charge in [-0.25, -0.2) is 4.98 Å². The third kappa shape index (κ3) is 3.02. The van der Waals surface area contributed by atoms with E-state index in [0.717, 1.165) is 27.9 Å². The van der Waals surface area contributed by atoms with Crippen LogP contribution in [-0.2, 0) is 0 Å². The summed E-state index contributed by atoms with van der Waals surface area (Å²) < 4.78 is 2.74. The number of carbonyl (C=O) groups is 1. The van der Waals surface area contributed by atoms with Crippen LogP contribution in [-0.4, -0.2) is 47.4 Å². The van der Waals surface area contributed by atoms with E-state index in [1.165, 1.54) is 0 Å². The first-order chi connectivity index (χ1) is 9.40. The van der Waals surface area contributed by atoms with Gasteiger partial charge in [0.05, 0.1) is 10.2 Å². The van der Waals surface area contributed by atoms with E-state index >= 15 is 0 Å². The summed E-state index contributed by atoms with van der Waals surface area (Å²) in [6, 6.07) is 2.00. The smallest absolute Gasteiger partial charge is 0.270 e. The van der Waals surface area contributed by atoms with Gasteiger partial charge in [0.25, 0.3) is 5.91 Å². The Hall–Kier alpha value is -1.40. The lowest BCUT2D eigenvalue weighted by Crippen LogP contribution is -2.32. The molecule has 2 aromatic heterocycles. The van der Waals surface area contributed by atoms with Crippen molar-refractivity contribution < 1.29 is 4.79 Å². The first-order valence-electron chi connectivity index (χ1n) is 6.48. The van der Waals surface area contributed by atoms with Crippen LogP contribution in [0.5, 0.6) is 0 Å². The number of hydrogen-bond donors (Lipinski definition) is 1. The maximum Gasteiger partial charge on any atom is 0.270 e. The second kappa shape index (κ2) is 5.93. The zero-order chi connectivity index (χ0) is 14.9. The SMILES string of the molecule is Cc1cc(Br)c2nc(C)c(C(=O)NCCN(C)C)n2c1. The standard InChI is InChI=1S/C14H19BrN4O/c1-9-7-11(15)13-17-10(2)12(19(13)8-9)14(20)16-5-6-18(3)4/h7-8H,5-6H2,1-4H3,(H,16,20). The van der Waals surface area contributed by atoms with Crippen LogP contribution in [0.4, 0.5) is 0 Å². The van der Waals surface area contributed by atoms with E-state index in [4.69, 9.17) is 0 Å². The van der Waals surface area contributed by atoms with Crippen molar-refractivity contribution in [3.63, 3.8) is 0 Å². The average molecular weight is 339 g/mol. The summed E-state index contributed by atoms with van der Waals surface area (Å²) in [5, 5.41) is 2.93. The Morgan fingerprint density at radius 3 is 2.80 bits per heavy atom. The van der Waals surface area contributed by atoms with Crippen molar-refractivity contribution in [2.24, 2.45) is 0 Å². The molecule has 20 heavy (non-hydrogen) atoms. The van der Waals surface area contributed by atoms with Crippen LogP contribution in [0, 0.1) is 13.8 Å². The highest BCUT2D eigenvalue weighted by molar-refractivity contribution is 9.10. The molecule has 0 aromatic carbocycles. The molecule has 1 amide bonds. The van der Waals surface area contributed by atoms with Gasteiger partial charge in [0, 0.05) is 19.3 Å². The minimum Gasteiger partial charge on any atom is -0.349 e. The molecular formula is C14H19BrN4O. The molecule has 108 valence electrons. The Bertz CT molecular complexity index is 648. The predicted molar refractivity (Wildman–Crippen MR) is 83.3 cm³/mol. The number of nitrogens with zero attached hydrogens (tertiary/aromatic N) is 3. The predicted octanol–water partition coefficient (Wildman–Crippen LogP) is 2.01. The number of rotatable bonds is 4. The molecule has 0 bridgehead atoms. The Balaban J connectivity index is 2.34. The number of likely N-dealkylation sites (N-methyl/N-ethyl adjacent to an activating group) is 1. The number of nitrogens with one attached hydrogen (secondary N) is 1. The highest BCUT2D eigenvalue weighted by Crippen LogP contribution is 2.22. The van der Waals surface area contributed by atoms with Gasteiger partial charge in [-0.2, -0.15) is 0 Å². The Morgan fingerprint density at radius 1 is 1.45 bits per heavy atom. The van der Waals surface area contributed by atoms with Gasteiger partial charge in [0.2, 0.25) is 0 Å². The van der Waals surface area contributed by atoms with Crippen molar-refractivity contribution in [2.75, 3.05) is 27.2 Å². The number of pyridine rings is 1. The maximum atomic E-state index is 12.3. The Kier molecular flexibility index (Phi) is 4.45. The summed E-state index contributed by atoms with van der Waals surface area (Å²) in [5.41, 5.74) is 3.18. The molecular weight excluding hydrogens is 320 g/mol. The fourth-order valence-corrected chi connectivity index (χ4v) is 2.74. The first-order valence-corrected chi connectivity index (χ1v) is 7.27. The zero-order valence-corrected chi connectivity index (χ0v) is 13.8. The van der Waals surface area contributed by atoms with Gasteiger partial charge >= 0.3 is 0 Å². The highest BCUT2D eigenvalue weighted by Gasteiger charge is 2.17. The van der Waals surface area contributed by atoms with Crippen molar-refractivity contribution in [3.8, 4) is 0 Å². The van der Waals surface area contributed by atoms with E-state index in [1.54, 1.807) is 0 Å². The monoisotopic (exact) mass is 338 g/mol. The van der Waals surface area contributed by atoms with E-state index in [-0.39, 0.29) is 5.91 Å². The molecule has 0 saturated carbocycles. The molecule has 2 rings (SSSR count). The quantitative estimate of drug-likeness (QED) is 0.927. The van der Waals surface area contributed by atoms with Gasteiger partial charge in [0.15, 0.2) is 5.65 Å². The van der Waals surface area contributed by atoms with Gasteiger partial charge in [0.1, 0.15) is 5.69 Å². The van der Waals surface area contributed by atoms with Crippen LogP contribution >= 0.6 is 15.9 Å². The molecule has 0 aliphatic carbocycles. The zero-order valence-electron chi connectivity index (χ0n) is 12.2. The van der Waals surface area contributed by atoms with Crippen molar-refractivity contribution in [2.45, 2.75) is 13.8 Å². The lowest BCUT2D eigenvalue weighted by Gasteiger charge is -2.11. The molecule has 0 aliphatic rings. The van der Waals surface area contributed by atoms with Crippen molar-refractivity contribution >= 4 is 27.5 Å². The summed E-state index contributed by atoms with van der Waals surface area (Å²) in [6.07, 6.45) is 1.93. The fraction of sp³-hybridized carbons (Fsp3) is 0.429. The highest BCUT2D eigenvalue weighted by atomic mass is 79.9. The average Bonchev–Trinajstić information content (AvgIpc) is 2.65. The van der Waals surface area contributed by atoms with E-state index in [9.17, 15) is 4.79 Å². The third-order valence-electron chi connectivity index (χ3n) is 3.05. The number of carbonyl (C=O) groups excluding carboxylic acids is 1. The van der Waals surface area contributed by atoms with Gasteiger partial charge in [-0.1, -0.05) is 0 Å². The van der Waals surface area contributed by atoms with Crippen molar-refractivity contribution in [1.29, 1.82) is 0 Å². The fourth-order valence-electron chi connectivity index (χ4n) is 2.10. The van der Waals surface area contributed by atoms with Crippen LogP contribution < -0.4 is 5.32 Å². The molecule has 2 heterocycles. The lowest BCUT2D eigenvalue weighted by molar-refractivity contribution is 0.0944. The van der Waals surface area contributed by atoms with E-state index < -0.39 is 0 Å². The first kappa shape index (κ1) is 15.0. The second-order valence-electron chi connectivity index (χ2n) is 5.16. The van der Waals surface area contributed by atoms with Crippen LogP contribution in [0.25, 0.3) is 5.65 Å². The summed E-state index contributed by atoms with van der Waals surface area (Å²) in [4.78, 5) is 18.8. The van der Waals surface area contributed by atoms with Gasteiger partial charge in [-0.15, -0.1) is 0 Å². The van der Waals surface area contributed by atoms with Gasteiger partial charge in [-0.05, 0) is 55.5 Å². The van der Waals surface area contributed by atoms with E-state index in [2.05, 4.69) is 26.2 Å². The number of fused-ring (bicyclic) bond motifs is 1. The van der Waals surface area contributed by atoms with Crippen molar-refractivity contribution in [1.82, 2.24) is 19.6 Å². The van der Waals surface area contributed by atoms with Crippen LogP contribution in [0.2, 0.25) is 0 Å². The van der Waals surface area contributed by atoms with Crippen LogP contribution in [0.3, 0.4) is 0 Å². The van der Waals surface area contributed by atoms with Gasteiger partial charge < -0.3 is 10.2 Å². The summed E-state index contributed by atoms with van der Waals surface area (Å²) in [6.45, 7) is 5.28. The largest absolute Gasteiger partial charge is 0.349 e. The number of halogens is 1. The van der Waals surface area contributed by atoms with E-state index in [0.29, 0.717) is 12.2 Å². The molecule has 6 heteroatoms. The topological polar surface area (TPSA) is 49.6 Å². The molecule has 0 fully saturated rings. The molecule has 5 nitrogen and oxygen atoms in total. The molecule has 1 N–H and O–H groups in total. The second-order valence-corrected chi connectivity index (χ2v) is 6.02. The number of amides is 1. The van der Waals surface area contributed by atoms with Crippen LogP contribution in [0.15, 0.2) is 16.7 Å². The maximum absolute atomic E-state index is 12.3. The molecule has 0 radical (unpaired) electrons. The van der Waals surface area contributed by atoms with Gasteiger partial charge in [-0.3, -0.25) is 9.20 Å². The van der Waals surface area contributed by atoms with Crippen molar-refractivity contribution in [3.05, 3.63) is 33.7 Å². The Labute approximate surface area is 127 Å². The minimum absolute atomic E-state index is 0.0886. The summed E-state index contributed by atoms with van der Waals surface area (Å²) in [7, 11) is 3.96. The molecule has 0 unspecified atom stereocenters. The Morgan fingerprint density at radius 2 is 2.15 bits per heavy atom. The number of hydrogen-bond acceptors (Lipinski definition) is 3. The number of aromatic nitrogens is 2. The molecule has 0 atom stereocenters. The number of aryl methyl sites for hydroxylation is 2. The van der Waals surface area contributed by atoms with Crippen LogP contribution in [0.1, 0.15) is 21.7 Å². The summed E-state index contributed by atoms with van der Waals surface area (Å²) >= 11 is 3.49. The number of imidazole rings is 1.